The molecule has 2 unspecified atom stereocenters. The number of hydrogen-bond acceptors (Lipinski definition) is 4. The van der Waals surface area contributed by atoms with Crippen LogP contribution >= 0.6 is 11.3 Å². The SMILES string of the molecule is NC(c1ccsc1)C1COCCO1. The molecule has 0 aliphatic carbocycles. The topological polar surface area (TPSA) is 44.5 Å². The summed E-state index contributed by atoms with van der Waals surface area (Å²) in [5, 5.41) is 4.08. The average Bonchev–Trinajstić information content (AvgIpc) is 2.71. The molecule has 2 atom stereocenters. The molecule has 0 aromatic carbocycles. The first-order valence-electron chi connectivity index (χ1n) is 4.35. The van der Waals surface area contributed by atoms with Crippen molar-refractivity contribution in [3.8, 4) is 0 Å². The lowest BCUT2D eigenvalue weighted by Crippen LogP contribution is -2.37. The molecule has 0 radical (unpaired) electrons. The Kier molecular flexibility index (Phi) is 2.95. The molecule has 0 bridgehead atoms. The van der Waals surface area contributed by atoms with Gasteiger partial charge in [-0.05, 0) is 22.4 Å². The van der Waals surface area contributed by atoms with Crippen molar-refractivity contribution in [3.63, 3.8) is 0 Å². The van der Waals surface area contributed by atoms with E-state index in [4.69, 9.17) is 15.2 Å². The van der Waals surface area contributed by atoms with Gasteiger partial charge in [0.05, 0.1) is 25.9 Å². The zero-order chi connectivity index (χ0) is 9.10. The molecule has 0 amide bonds. The monoisotopic (exact) mass is 199 g/mol. The first kappa shape index (κ1) is 9.15. The van der Waals surface area contributed by atoms with Crippen molar-refractivity contribution in [2.24, 2.45) is 5.73 Å². The summed E-state index contributed by atoms with van der Waals surface area (Å²) in [7, 11) is 0. The summed E-state index contributed by atoms with van der Waals surface area (Å²) in [5.74, 6) is 0. The third-order valence-electron chi connectivity index (χ3n) is 2.17. The lowest BCUT2D eigenvalue weighted by atomic mass is 10.1. The highest BCUT2D eigenvalue weighted by Crippen LogP contribution is 2.20. The molecule has 1 aliphatic heterocycles. The molecule has 72 valence electrons. The Hall–Kier alpha value is -0.420. The van der Waals surface area contributed by atoms with E-state index in [2.05, 4.69) is 5.38 Å². The predicted octanol–water partition coefficient (Wildman–Crippen LogP) is 1.16. The summed E-state index contributed by atoms with van der Waals surface area (Å²) < 4.78 is 10.8. The van der Waals surface area contributed by atoms with Crippen LogP contribution in [0.4, 0.5) is 0 Å². The summed E-state index contributed by atoms with van der Waals surface area (Å²) in [6.07, 6.45) is 0.0170. The second-order valence-electron chi connectivity index (χ2n) is 3.07. The molecule has 3 nitrogen and oxygen atoms in total. The molecule has 1 aromatic heterocycles. The fourth-order valence-corrected chi connectivity index (χ4v) is 2.10. The Balaban J connectivity index is 1.99. The summed E-state index contributed by atoms with van der Waals surface area (Å²) in [5.41, 5.74) is 7.16. The van der Waals surface area contributed by atoms with Crippen LogP contribution in [-0.4, -0.2) is 25.9 Å². The second kappa shape index (κ2) is 4.19. The number of thiophene rings is 1. The standard InChI is InChI=1S/C9H13NO2S/c10-9(7-1-4-13-6-7)8-5-11-2-3-12-8/h1,4,6,8-9H,2-3,5,10H2. The number of ether oxygens (including phenoxy) is 2. The largest absolute Gasteiger partial charge is 0.376 e. The fraction of sp³-hybridized carbons (Fsp3) is 0.556. The lowest BCUT2D eigenvalue weighted by molar-refractivity contribution is -0.0975. The Morgan fingerprint density at radius 2 is 2.46 bits per heavy atom. The van der Waals surface area contributed by atoms with Gasteiger partial charge in [0, 0.05) is 0 Å². The van der Waals surface area contributed by atoms with Gasteiger partial charge in [-0.1, -0.05) is 0 Å². The predicted molar refractivity (Wildman–Crippen MR) is 51.8 cm³/mol. The molecule has 0 spiro atoms. The van der Waals surface area contributed by atoms with Crippen molar-refractivity contribution >= 4 is 11.3 Å². The summed E-state index contributed by atoms with van der Waals surface area (Å²) in [4.78, 5) is 0. The highest BCUT2D eigenvalue weighted by atomic mass is 32.1. The molecule has 1 saturated heterocycles. The number of nitrogens with two attached hydrogens (primary N) is 1. The van der Waals surface area contributed by atoms with Crippen molar-refractivity contribution in [1.82, 2.24) is 0 Å². The third kappa shape index (κ3) is 2.08. The number of hydrogen-bond donors (Lipinski definition) is 1. The molecule has 1 aliphatic rings. The van der Waals surface area contributed by atoms with Gasteiger partial charge in [-0.15, -0.1) is 0 Å². The summed E-state index contributed by atoms with van der Waals surface area (Å²) >= 11 is 1.66. The van der Waals surface area contributed by atoms with E-state index < -0.39 is 0 Å². The normalized spacial score (nSPS) is 25.8. The van der Waals surface area contributed by atoms with Gasteiger partial charge in [0.25, 0.3) is 0 Å². The zero-order valence-corrected chi connectivity index (χ0v) is 8.13. The van der Waals surface area contributed by atoms with E-state index in [0.717, 1.165) is 5.56 Å². The molecule has 13 heavy (non-hydrogen) atoms. The van der Waals surface area contributed by atoms with Crippen molar-refractivity contribution in [3.05, 3.63) is 22.4 Å². The molecule has 1 fully saturated rings. The molecule has 2 heterocycles. The van der Waals surface area contributed by atoms with Crippen LogP contribution in [0.2, 0.25) is 0 Å². The Morgan fingerprint density at radius 1 is 1.54 bits per heavy atom. The van der Waals surface area contributed by atoms with Crippen molar-refractivity contribution < 1.29 is 9.47 Å². The van der Waals surface area contributed by atoms with E-state index in [1.165, 1.54) is 0 Å². The minimum atomic E-state index is -0.0495. The van der Waals surface area contributed by atoms with Crippen LogP contribution in [0, 0.1) is 0 Å². The minimum absolute atomic E-state index is 0.0170. The molecular weight excluding hydrogens is 186 g/mol. The first-order chi connectivity index (χ1) is 6.38. The van der Waals surface area contributed by atoms with Crippen LogP contribution in [0.3, 0.4) is 0 Å². The Bertz CT molecular complexity index is 244. The van der Waals surface area contributed by atoms with Gasteiger partial charge >= 0.3 is 0 Å². The van der Waals surface area contributed by atoms with Crippen molar-refractivity contribution in [2.75, 3.05) is 19.8 Å². The van der Waals surface area contributed by atoms with Gasteiger partial charge in [0.1, 0.15) is 6.10 Å². The maximum Gasteiger partial charge on any atom is 0.100 e. The van der Waals surface area contributed by atoms with E-state index in [0.29, 0.717) is 19.8 Å². The van der Waals surface area contributed by atoms with Crippen LogP contribution in [-0.2, 0) is 9.47 Å². The smallest absolute Gasteiger partial charge is 0.100 e. The third-order valence-corrected chi connectivity index (χ3v) is 2.87. The van der Waals surface area contributed by atoms with E-state index in [-0.39, 0.29) is 12.1 Å². The van der Waals surface area contributed by atoms with E-state index >= 15 is 0 Å². The fourth-order valence-electron chi connectivity index (χ4n) is 1.39. The minimum Gasteiger partial charge on any atom is -0.376 e. The summed E-state index contributed by atoms with van der Waals surface area (Å²) in [6, 6.07) is 1.99. The van der Waals surface area contributed by atoms with Gasteiger partial charge in [-0.2, -0.15) is 11.3 Å². The van der Waals surface area contributed by atoms with Crippen molar-refractivity contribution in [2.45, 2.75) is 12.1 Å². The van der Waals surface area contributed by atoms with Gasteiger partial charge in [0.15, 0.2) is 0 Å². The average molecular weight is 199 g/mol. The zero-order valence-electron chi connectivity index (χ0n) is 7.31. The molecule has 2 N–H and O–H groups in total. The van der Waals surface area contributed by atoms with Crippen molar-refractivity contribution in [1.29, 1.82) is 0 Å². The highest BCUT2D eigenvalue weighted by molar-refractivity contribution is 7.07. The second-order valence-corrected chi connectivity index (χ2v) is 3.85. The van der Waals surface area contributed by atoms with E-state index in [1.807, 2.05) is 11.4 Å². The Morgan fingerprint density at radius 3 is 3.08 bits per heavy atom. The molecule has 1 aromatic rings. The van der Waals surface area contributed by atoms with E-state index in [1.54, 1.807) is 11.3 Å². The first-order valence-corrected chi connectivity index (χ1v) is 5.29. The molecule has 0 saturated carbocycles. The number of rotatable bonds is 2. The summed E-state index contributed by atoms with van der Waals surface area (Å²) in [6.45, 7) is 1.95. The van der Waals surface area contributed by atoms with E-state index in [9.17, 15) is 0 Å². The van der Waals surface area contributed by atoms with Gasteiger partial charge in [-0.25, -0.2) is 0 Å². The van der Waals surface area contributed by atoms with Crippen LogP contribution in [0.15, 0.2) is 16.8 Å². The van der Waals surface area contributed by atoms with Gasteiger partial charge in [-0.3, -0.25) is 0 Å². The molecule has 2 rings (SSSR count). The molecular formula is C9H13NO2S. The lowest BCUT2D eigenvalue weighted by Gasteiger charge is -2.27. The maximum atomic E-state index is 6.02. The quantitative estimate of drug-likeness (QED) is 0.777. The van der Waals surface area contributed by atoms with Gasteiger partial charge in [0.2, 0.25) is 0 Å². The van der Waals surface area contributed by atoms with Crippen LogP contribution in [0.25, 0.3) is 0 Å². The van der Waals surface area contributed by atoms with Crippen LogP contribution in [0.5, 0.6) is 0 Å². The highest BCUT2D eigenvalue weighted by Gasteiger charge is 2.23. The van der Waals surface area contributed by atoms with Gasteiger partial charge < -0.3 is 15.2 Å². The molecule has 4 heteroatoms. The van der Waals surface area contributed by atoms with Crippen LogP contribution in [0.1, 0.15) is 11.6 Å². The Labute approximate surface area is 81.5 Å². The van der Waals surface area contributed by atoms with Crippen LogP contribution < -0.4 is 5.73 Å². The maximum absolute atomic E-state index is 6.02.